The molecule has 0 aliphatic carbocycles. The number of nitrogen functional groups attached to an aromatic ring is 1. The lowest BCUT2D eigenvalue weighted by Crippen LogP contribution is -2.14. The Morgan fingerprint density at radius 1 is 1.19 bits per heavy atom. The second-order valence-corrected chi connectivity index (χ2v) is 7.11. The van der Waals surface area contributed by atoms with Gasteiger partial charge in [0.25, 0.3) is 0 Å². The summed E-state index contributed by atoms with van der Waals surface area (Å²) in [4.78, 5) is 20.3. The van der Waals surface area contributed by atoms with E-state index in [0.29, 0.717) is 17.1 Å². The summed E-state index contributed by atoms with van der Waals surface area (Å²) in [6.45, 7) is 4.50. The van der Waals surface area contributed by atoms with Crippen molar-refractivity contribution in [1.29, 1.82) is 0 Å². The van der Waals surface area contributed by atoms with E-state index in [-0.39, 0.29) is 12.8 Å². The van der Waals surface area contributed by atoms with E-state index in [1.165, 1.54) is 17.2 Å². The lowest BCUT2D eigenvalue weighted by atomic mass is 10.3. The molecule has 0 atom stereocenters. The highest BCUT2D eigenvalue weighted by molar-refractivity contribution is 8.76. The summed E-state index contributed by atoms with van der Waals surface area (Å²) in [5.41, 5.74) is 9.15. The van der Waals surface area contributed by atoms with Gasteiger partial charge < -0.3 is 21.5 Å². The molecule has 26 heavy (non-hydrogen) atoms. The number of para-hydroxylation sites is 2. The number of pyridine rings is 1. The molecule has 0 saturated heterocycles. The van der Waals surface area contributed by atoms with Gasteiger partial charge in [0.2, 0.25) is 0 Å². The number of nitrogens with zero attached hydrogens (tertiary/aromatic N) is 1. The monoisotopic (exact) mass is 398 g/mol. The molecule has 0 spiro atoms. The summed E-state index contributed by atoms with van der Waals surface area (Å²) >= 11 is 0. The topological polar surface area (TPSA) is 121 Å². The first-order chi connectivity index (χ1) is 12.2. The van der Waals surface area contributed by atoms with Crippen LogP contribution in [0.4, 0.5) is 16.2 Å². The number of carbonyl (C=O) groups is 1. The average Bonchev–Trinajstić information content (AvgIpc) is 2.62. The van der Waals surface area contributed by atoms with Crippen molar-refractivity contribution in [3.63, 3.8) is 0 Å². The standard InChI is InChI=1S/C14H15N3O3S2.C3H8.H3N/c15-11-5-1-2-6-12(11)17-20-14(18)19-9-10-21-22-13-7-3-4-8-16-13;1-3-2;/h1-8,17H,9-10,15H2;3H2,1-2H3;1H3. The fourth-order valence-corrected chi connectivity index (χ4v) is 3.08. The van der Waals surface area contributed by atoms with Gasteiger partial charge in [-0.1, -0.05) is 49.3 Å². The lowest BCUT2D eigenvalue weighted by Gasteiger charge is -2.08. The molecule has 1 aromatic heterocycles. The zero-order valence-electron chi connectivity index (χ0n) is 15.0. The van der Waals surface area contributed by atoms with Crippen LogP contribution in [-0.2, 0) is 9.57 Å². The fraction of sp³-hybridized carbons (Fsp3) is 0.294. The van der Waals surface area contributed by atoms with Crippen molar-refractivity contribution in [1.82, 2.24) is 11.1 Å². The molecular weight excluding hydrogens is 372 g/mol. The van der Waals surface area contributed by atoms with Crippen LogP contribution in [0.3, 0.4) is 0 Å². The summed E-state index contributed by atoms with van der Waals surface area (Å²) in [5, 5.41) is 0.913. The van der Waals surface area contributed by atoms with Gasteiger partial charge in [-0.2, -0.15) is 0 Å². The molecule has 7 nitrogen and oxygen atoms in total. The Hall–Kier alpha value is -2.10. The number of aromatic nitrogens is 1. The van der Waals surface area contributed by atoms with Crippen LogP contribution in [0, 0.1) is 0 Å². The number of carbonyl (C=O) groups excluding carboxylic acids is 1. The Morgan fingerprint density at radius 3 is 2.54 bits per heavy atom. The maximum atomic E-state index is 11.4. The minimum Gasteiger partial charge on any atom is -0.432 e. The Bertz CT molecular complexity index is 618. The molecule has 0 radical (unpaired) electrons. The Morgan fingerprint density at radius 2 is 1.88 bits per heavy atom. The van der Waals surface area contributed by atoms with Crippen LogP contribution < -0.4 is 17.4 Å². The molecule has 2 aromatic rings. The molecule has 1 heterocycles. The highest BCUT2D eigenvalue weighted by atomic mass is 33.1. The van der Waals surface area contributed by atoms with Crippen LogP contribution in [-0.4, -0.2) is 23.5 Å². The third-order valence-electron chi connectivity index (χ3n) is 2.37. The summed E-state index contributed by atoms with van der Waals surface area (Å²) in [7, 11) is 3.07. The maximum absolute atomic E-state index is 11.4. The van der Waals surface area contributed by atoms with Gasteiger partial charge >= 0.3 is 6.16 Å². The van der Waals surface area contributed by atoms with E-state index >= 15 is 0 Å². The number of nitrogens with one attached hydrogen (secondary N) is 1. The second kappa shape index (κ2) is 15.2. The third-order valence-corrected chi connectivity index (χ3v) is 4.60. The first kappa shape index (κ1) is 23.9. The number of ether oxygens (including phenoxy) is 1. The lowest BCUT2D eigenvalue weighted by molar-refractivity contribution is 0.0771. The maximum Gasteiger partial charge on any atom is 0.533 e. The smallest absolute Gasteiger partial charge is 0.432 e. The molecule has 6 N–H and O–H groups in total. The van der Waals surface area contributed by atoms with Crippen molar-refractivity contribution in [3.8, 4) is 0 Å². The summed E-state index contributed by atoms with van der Waals surface area (Å²) in [6, 6.07) is 12.7. The molecule has 144 valence electrons. The molecule has 0 saturated carbocycles. The van der Waals surface area contributed by atoms with Crippen LogP contribution in [0.15, 0.2) is 53.7 Å². The molecule has 1 aromatic carbocycles. The molecule has 0 fully saturated rings. The van der Waals surface area contributed by atoms with Gasteiger partial charge in [-0.05, 0) is 35.1 Å². The minimum absolute atomic E-state index is 0. The number of nitrogens with two attached hydrogens (primary N) is 1. The van der Waals surface area contributed by atoms with Crippen LogP contribution in [0.2, 0.25) is 0 Å². The van der Waals surface area contributed by atoms with Gasteiger partial charge in [0, 0.05) is 11.9 Å². The zero-order chi connectivity index (χ0) is 18.3. The number of rotatable bonds is 7. The van der Waals surface area contributed by atoms with Crippen molar-refractivity contribution < 1.29 is 14.4 Å². The quantitative estimate of drug-likeness (QED) is 0.191. The van der Waals surface area contributed by atoms with Crippen molar-refractivity contribution in [3.05, 3.63) is 48.7 Å². The molecule has 9 heteroatoms. The fourth-order valence-electron chi connectivity index (χ4n) is 1.37. The Balaban J connectivity index is 0.00000146. The van der Waals surface area contributed by atoms with Gasteiger partial charge in [-0.15, -0.1) is 0 Å². The van der Waals surface area contributed by atoms with Crippen LogP contribution in [0.25, 0.3) is 0 Å². The molecule has 2 rings (SSSR count). The van der Waals surface area contributed by atoms with Gasteiger partial charge in [-0.3, -0.25) is 0 Å². The third kappa shape index (κ3) is 10.7. The normalized spacial score (nSPS) is 9.15. The summed E-state index contributed by atoms with van der Waals surface area (Å²) in [6.07, 6.45) is 2.18. The molecule has 0 amide bonds. The van der Waals surface area contributed by atoms with Crippen LogP contribution in [0.1, 0.15) is 20.3 Å². The molecule has 0 aliphatic heterocycles. The van der Waals surface area contributed by atoms with E-state index in [1.54, 1.807) is 41.3 Å². The molecule has 0 unspecified atom stereocenters. The van der Waals surface area contributed by atoms with Gasteiger partial charge in [0.15, 0.2) is 0 Å². The van der Waals surface area contributed by atoms with E-state index < -0.39 is 6.16 Å². The first-order valence-electron chi connectivity index (χ1n) is 7.82. The van der Waals surface area contributed by atoms with E-state index in [0.717, 1.165) is 5.03 Å². The number of benzene rings is 1. The molecule has 0 bridgehead atoms. The SMILES string of the molecule is CCC.N.Nc1ccccc1NOC(=O)OCCSSc1ccccn1. The van der Waals surface area contributed by atoms with E-state index in [2.05, 4.69) is 24.3 Å². The van der Waals surface area contributed by atoms with Crippen molar-refractivity contribution in [2.75, 3.05) is 23.6 Å². The van der Waals surface area contributed by atoms with Gasteiger partial charge in [0.05, 0.1) is 11.4 Å². The molecular formula is C17H26N4O3S2. The van der Waals surface area contributed by atoms with Gasteiger partial charge in [-0.25, -0.2) is 15.3 Å². The number of hydrogen-bond acceptors (Lipinski definition) is 9. The molecule has 0 aliphatic rings. The highest BCUT2D eigenvalue weighted by Gasteiger charge is 2.06. The number of anilines is 2. The van der Waals surface area contributed by atoms with E-state index in [9.17, 15) is 4.79 Å². The largest absolute Gasteiger partial charge is 0.533 e. The second-order valence-electron chi connectivity index (χ2n) is 4.67. The predicted octanol–water partition coefficient (Wildman–Crippen LogP) is 5.16. The van der Waals surface area contributed by atoms with Crippen molar-refractivity contribution in [2.45, 2.75) is 25.3 Å². The van der Waals surface area contributed by atoms with E-state index in [4.69, 9.17) is 15.3 Å². The Kier molecular flexibility index (Phi) is 14.0. The van der Waals surface area contributed by atoms with Crippen molar-refractivity contribution in [2.24, 2.45) is 0 Å². The summed E-state index contributed by atoms with van der Waals surface area (Å²) in [5.74, 6) is 0.629. The van der Waals surface area contributed by atoms with Crippen LogP contribution in [0.5, 0.6) is 0 Å². The van der Waals surface area contributed by atoms with Crippen molar-refractivity contribution >= 4 is 39.1 Å². The summed E-state index contributed by atoms with van der Waals surface area (Å²) < 4.78 is 4.92. The minimum atomic E-state index is -0.799. The average molecular weight is 399 g/mol. The number of hydrogen-bond donors (Lipinski definition) is 3. The van der Waals surface area contributed by atoms with Crippen LogP contribution >= 0.6 is 21.6 Å². The first-order valence-corrected chi connectivity index (χ1v) is 10.1. The predicted molar refractivity (Wildman–Crippen MR) is 110 cm³/mol. The van der Waals surface area contributed by atoms with Gasteiger partial charge in [0.1, 0.15) is 11.6 Å². The zero-order valence-corrected chi connectivity index (χ0v) is 16.6. The highest BCUT2D eigenvalue weighted by Crippen LogP contribution is 2.28. The Labute approximate surface area is 162 Å². The van der Waals surface area contributed by atoms with E-state index in [1.807, 2.05) is 18.2 Å².